The minimum atomic E-state index is -0.515. The molecule has 0 saturated carbocycles. The average Bonchev–Trinajstić information content (AvgIpc) is 3.29. The second kappa shape index (κ2) is 9.76. The zero-order valence-electron chi connectivity index (χ0n) is 21.4. The summed E-state index contributed by atoms with van der Waals surface area (Å²) < 4.78 is 2.41. The van der Waals surface area contributed by atoms with Crippen LogP contribution in [0.4, 0.5) is 11.4 Å². The van der Waals surface area contributed by atoms with E-state index in [4.69, 9.17) is 6.57 Å². The van der Waals surface area contributed by atoms with Crippen LogP contribution < -0.4 is 26.8 Å². The van der Waals surface area contributed by atoms with E-state index >= 15 is 0 Å². The number of hydrogen-bond acceptors (Lipinski definition) is 5. The van der Waals surface area contributed by atoms with E-state index in [2.05, 4.69) is 9.95 Å². The van der Waals surface area contributed by atoms with Crippen molar-refractivity contribution >= 4 is 29.4 Å². The normalized spacial score (nSPS) is 13.0. The van der Waals surface area contributed by atoms with Crippen LogP contribution >= 0.6 is 0 Å². The van der Waals surface area contributed by atoms with Crippen LogP contribution in [0.5, 0.6) is 5.88 Å². The molecule has 2 aromatic heterocycles. The van der Waals surface area contributed by atoms with Gasteiger partial charge in [-0.3, -0.25) is 23.5 Å². The van der Waals surface area contributed by atoms with Crippen LogP contribution in [0.3, 0.4) is 0 Å². The summed E-state index contributed by atoms with van der Waals surface area (Å²) in [7, 11) is 1.55. The number of anilines is 1. The zero-order chi connectivity index (χ0) is 27.8. The molecule has 0 aliphatic carbocycles. The number of allylic oxidation sites excluding steroid dienone is 1. The lowest BCUT2D eigenvalue weighted by Gasteiger charge is -2.14. The maximum Gasteiger partial charge on any atom is 0.282 e. The van der Waals surface area contributed by atoms with Gasteiger partial charge in [-0.1, -0.05) is 48.6 Å². The lowest BCUT2D eigenvalue weighted by molar-refractivity contribution is 0.0994. The Balaban J connectivity index is 1.65. The fraction of sp³-hybridized carbons (Fsp3) is 0.100. The monoisotopic (exact) mass is 517 g/mol. The number of benzene rings is 2. The maximum atomic E-state index is 13.4. The number of fused-ring (bicyclic) bond motifs is 1. The van der Waals surface area contributed by atoms with Gasteiger partial charge in [-0.15, -0.1) is 5.10 Å². The third kappa shape index (κ3) is 4.04. The summed E-state index contributed by atoms with van der Waals surface area (Å²) in [5, 5.41) is 16.6. The molecule has 9 heteroatoms. The first-order chi connectivity index (χ1) is 18.8. The molecule has 39 heavy (non-hydrogen) atoms. The van der Waals surface area contributed by atoms with E-state index in [0.29, 0.717) is 28.1 Å². The number of aromatic nitrogens is 2. The second-order valence-electron chi connectivity index (χ2n) is 8.98. The van der Waals surface area contributed by atoms with Gasteiger partial charge in [-0.2, -0.15) is 5.01 Å². The minimum absolute atomic E-state index is 0.0454. The van der Waals surface area contributed by atoms with Crippen molar-refractivity contribution < 1.29 is 9.90 Å². The fourth-order valence-electron chi connectivity index (χ4n) is 4.63. The lowest BCUT2D eigenvalue weighted by Crippen LogP contribution is -2.44. The predicted octanol–water partition coefficient (Wildman–Crippen LogP) is 3.10. The Morgan fingerprint density at radius 1 is 0.897 bits per heavy atom. The number of aromatic hydroxyl groups is 1. The van der Waals surface area contributed by atoms with Gasteiger partial charge in [-0.25, -0.2) is 4.85 Å². The molecule has 1 N–H and O–H groups in total. The Hall–Kier alpha value is -5.49. The molecule has 0 fully saturated rings. The molecular weight excluding hydrogens is 494 g/mol. The third-order valence-corrected chi connectivity index (χ3v) is 6.73. The van der Waals surface area contributed by atoms with E-state index in [-0.39, 0.29) is 33.4 Å². The van der Waals surface area contributed by atoms with Crippen LogP contribution in [0, 0.1) is 20.4 Å². The highest BCUT2D eigenvalue weighted by molar-refractivity contribution is 6.08. The first-order valence-electron chi connectivity index (χ1n) is 12.0. The molecular formula is C30H23N5O4. The molecule has 0 spiro atoms. The number of pyridine rings is 2. The molecule has 2 aromatic carbocycles. The number of para-hydroxylation sites is 2. The Morgan fingerprint density at radius 2 is 1.51 bits per heavy atom. The zero-order valence-corrected chi connectivity index (χ0v) is 21.4. The summed E-state index contributed by atoms with van der Waals surface area (Å²) in [6, 6.07) is 17.5. The predicted molar refractivity (Wildman–Crippen MR) is 149 cm³/mol. The first-order valence-corrected chi connectivity index (χ1v) is 12.0. The van der Waals surface area contributed by atoms with E-state index in [0.717, 1.165) is 4.57 Å². The molecule has 1 aliphatic heterocycles. The van der Waals surface area contributed by atoms with Crippen molar-refractivity contribution in [2.24, 2.45) is 12.1 Å². The summed E-state index contributed by atoms with van der Waals surface area (Å²) >= 11 is 0. The highest BCUT2D eigenvalue weighted by Crippen LogP contribution is 2.32. The van der Waals surface area contributed by atoms with Crippen LogP contribution in [-0.2, 0) is 7.05 Å². The van der Waals surface area contributed by atoms with Gasteiger partial charge in [-0.05, 0) is 55.3 Å². The van der Waals surface area contributed by atoms with E-state index < -0.39 is 11.4 Å². The van der Waals surface area contributed by atoms with E-state index in [9.17, 15) is 19.5 Å². The van der Waals surface area contributed by atoms with E-state index in [1.54, 1.807) is 75.5 Å². The van der Waals surface area contributed by atoms with Crippen molar-refractivity contribution in [1.82, 2.24) is 9.13 Å². The van der Waals surface area contributed by atoms with Crippen molar-refractivity contribution in [3.8, 4) is 11.6 Å². The molecule has 192 valence electrons. The second-order valence-corrected chi connectivity index (χ2v) is 8.98. The largest absolute Gasteiger partial charge is 0.502 e. The van der Waals surface area contributed by atoms with Gasteiger partial charge in [0, 0.05) is 17.8 Å². The maximum absolute atomic E-state index is 13.4. The number of rotatable bonds is 4. The third-order valence-electron chi connectivity index (χ3n) is 6.73. The smallest absolute Gasteiger partial charge is 0.282 e. The Morgan fingerprint density at radius 3 is 2.13 bits per heavy atom. The number of carbonyl (C=O) groups is 1. The summed E-state index contributed by atoms with van der Waals surface area (Å²) in [6.07, 6.45) is 4.57. The Kier molecular flexibility index (Phi) is 6.30. The standard InChI is InChI=1S/C30H23N5O4/c1-18-22(27(36)33(4)26-24(18)29(38)35(32-26)21-14-9-6-10-15-21)16-11-17-23-19(2)25(31-3)30(39)34(28(23)37)20-12-7-5-8-13-20/h5-17,39H,1-2,4H3/b17-11?,22-16+. The summed E-state index contributed by atoms with van der Waals surface area (Å²) in [5.41, 5.74) is 1.66. The Labute approximate surface area is 223 Å². The van der Waals surface area contributed by atoms with Crippen LogP contribution in [0.2, 0.25) is 0 Å². The van der Waals surface area contributed by atoms with E-state index in [1.807, 2.05) is 6.07 Å². The van der Waals surface area contributed by atoms with Crippen molar-refractivity contribution in [2.75, 3.05) is 5.01 Å². The molecule has 0 saturated heterocycles. The molecule has 3 heterocycles. The fourth-order valence-corrected chi connectivity index (χ4v) is 4.63. The average molecular weight is 518 g/mol. The molecule has 5 rings (SSSR count). The molecule has 1 aliphatic rings. The summed E-state index contributed by atoms with van der Waals surface area (Å²) in [4.78, 5) is 43.3. The number of hydrogen-bond donors (Lipinski definition) is 1. The van der Waals surface area contributed by atoms with E-state index in [1.165, 1.54) is 27.8 Å². The number of nitrogens with zero attached hydrogens (tertiary/aromatic N) is 5. The SMILES string of the molecule is [C-]#[N+]c1c(C)c(C=C/C=c2\c(C)c3c(n(C)c2=O)=NN(c2ccccc2)C3=O)c(=O)n(-c2ccccc2)c1O. The van der Waals surface area contributed by atoms with Gasteiger partial charge >= 0.3 is 0 Å². The quantitative estimate of drug-likeness (QED) is 0.421. The van der Waals surface area contributed by atoms with Gasteiger partial charge in [0.1, 0.15) is 0 Å². The molecule has 0 unspecified atom stereocenters. The molecule has 1 amide bonds. The first kappa shape index (κ1) is 25.2. The molecule has 4 aromatic rings. The minimum Gasteiger partial charge on any atom is -0.502 e. The molecule has 9 nitrogen and oxygen atoms in total. The van der Waals surface area contributed by atoms with Gasteiger partial charge in [0.05, 0.1) is 23.5 Å². The Bertz CT molecular complexity index is 1970. The van der Waals surface area contributed by atoms with Gasteiger partial charge in [0.2, 0.25) is 11.6 Å². The van der Waals surface area contributed by atoms with Crippen LogP contribution in [-0.4, -0.2) is 20.1 Å². The highest BCUT2D eigenvalue weighted by atomic mass is 16.3. The summed E-state index contributed by atoms with van der Waals surface area (Å²) in [6.45, 7) is 10.8. The molecule has 0 atom stereocenters. The van der Waals surface area contributed by atoms with Crippen LogP contribution in [0.1, 0.15) is 27.0 Å². The molecule has 0 radical (unpaired) electrons. The highest BCUT2D eigenvalue weighted by Gasteiger charge is 2.29. The van der Waals surface area contributed by atoms with Gasteiger partial charge < -0.3 is 5.11 Å². The molecule has 0 bridgehead atoms. The van der Waals surface area contributed by atoms with Crippen LogP contribution in [0.15, 0.2) is 81.4 Å². The number of amides is 1. The van der Waals surface area contributed by atoms with Gasteiger partial charge in [0.15, 0.2) is 5.49 Å². The van der Waals surface area contributed by atoms with Crippen molar-refractivity contribution in [3.05, 3.63) is 132 Å². The van der Waals surface area contributed by atoms with Crippen molar-refractivity contribution in [1.29, 1.82) is 0 Å². The van der Waals surface area contributed by atoms with Gasteiger partial charge in [0.25, 0.3) is 17.0 Å². The topological polar surface area (TPSA) is 101 Å². The number of carbonyl (C=O) groups excluding carboxylic acids is 1. The lowest BCUT2D eigenvalue weighted by atomic mass is 10.1. The van der Waals surface area contributed by atoms with Crippen LogP contribution in [0.25, 0.3) is 22.7 Å². The van der Waals surface area contributed by atoms with Crippen molar-refractivity contribution in [2.45, 2.75) is 13.8 Å². The van der Waals surface area contributed by atoms with Crippen molar-refractivity contribution in [3.63, 3.8) is 0 Å². The summed E-state index contributed by atoms with van der Waals surface area (Å²) in [5.74, 6) is -0.779.